The minimum atomic E-state index is 0.394. The van der Waals surface area contributed by atoms with Crippen molar-refractivity contribution >= 4 is 22.9 Å². The third-order valence-corrected chi connectivity index (χ3v) is 4.95. The minimum absolute atomic E-state index is 0.394. The van der Waals surface area contributed by atoms with Gasteiger partial charge in [-0.25, -0.2) is 0 Å². The van der Waals surface area contributed by atoms with E-state index in [1.165, 1.54) is 29.7 Å². The van der Waals surface area contributed by atoms with Gasteiger partial charge in [-0.2, -0.15) is 0 Å². The van der Waals surface area contributed by atoms with Crippen LogP contribution in [-0.2, 0) is 0 Å². The average Bonchev–Trinajstić information content (AvgIpc) is 3.01. The lowest BCUT2D eigenvalue weighted by Gasteiger charge is -2.25. The summed E-state index contributed by atoms with van der Waals surface area (Å²) >= 11 is 7.86. The number of hydrogen-bond acceptors (Lipinski definition) is 2. The molecule has 1 heterocycles. The van der Waals surface area contributed by atoms with E-state index in [0.717, 1.165) is 11.4 Å². The Balaban J connectivity index is 2.15. The van der Waals surface area contributed by atoms with Crippen LogP contribution in [-0.4, -0.2) is 0 Å². The van der Waals surface area contributed by atoms with Crippen molar-refractivity contribution in [1.82, 2.24) is 5.32 Å². The molecular weight excluding hydrogens is 298 g/mol. The van der Waals surface area contributed by atoms with Crippen LogP contribution < -0.4 is 5.32 Å². The van der Waals surface area contributed by atoms with E-state index in [2.05, 4.69) is 48.8 Å². The molecule has 114 valence electrons. The Morgan fingerprint density at radius 3 is 2.24 bits per heavy atom. The van der Waals surface area contributed by atoms with E-state index < -0.39 is 0 Å². The predicted molar refractivity (Wildman–Crippen MR) is 94.2 cm³/mol. The SMILES string of the molecule is CCCC(NC(CCC)c1cccs1)c1ccc(Cl)cc1. The highest BCUT2D eigenvalue weighted by molar-refractivity contribution is 7.10. The first-order valence-electron chi connectivity index (χ1n) is 7.79. The summed E-state index contributed by atoms with van der Waals surface area (Å²) in [4.78, 5) is 1.44. The van der Waals surface area contributed by atoms with Gasteiger partial charge in [0.05, 0.1) is 0 Å². The molecule has 0 amide bonds. The lowest BCUT2D eigenvalue weighted by atomic mass is 10.00. The number of benzene rings is 1. The summed E-state index contributed by atoms with van der Waals surface area (Å²) in [7, 11) is 0. The van der Waals surface area contributed by atoms with Gasteiger partial charge in [-0.15, -0.1) is 11.3 Å². The highest BCUT2D eigenvalue weighted by atomic mass is 35.5. The van der Waals surface area contributed by atoms with Crippen LogP contribution in [0.3, 0.4) is 0 Å². The lowest BCUT2D eigenvalue weighted by molar-refractivity contribution is 0.405. The number of hydrogen-bond donors (Lipinski definition) is 1. The fourth-order valence-corrected chi connectivity index (χ4v) is 3.61. The second-order valence-corrected chi connectivity index (χ2v) is 6.83. The molecule has 0 aliphatic rings. The predicted octanol–water partition coefficient (Wildman–Crippen LogP) is 6.37. The summed E-state index contributed by atoms with van der Waals surface area (Å²) in [5, 5.41) is 6.83. The van der Waals surface area contributed by atoms with E-state index in [4.69, 9.17) is 11.6 Å². The maximum Gasteiger partial charge on any atom is 0.0419 e. The molecule has 2 aromatic rings. The van der Waals surface area contributed by atoms with E-state index in [1.807, 2.05) is 23.5 Å². The number of thiophene rings is 1. The van der Waals surface area contributed by atoms with Crippen molar-refractivity contribution in [3.63, 3.8) is 0 Å². The topological polar surface area (TPSA) is 12.0 Å². The van der Waals surface area contributed by atoms with Crippen molar-refractivity contribution in [2.75, 3.05) is 0 Å². The molecular formula is C18H24ClNS. The van der Waals surface area contributed by atoms with Crippen LogP contribution in [0.15, 0.2) is 41.8 Å². The van der Waals surface area contributed by atoms with Crippen LogP contribution >= 0.6 is 22.9 Å². The number of rotatable bonds is 8. The molecule has 0 saturated carbocycles. The summed E-state index contributed by atoms with van der Waals surface area (Å²) in [5.41, 5.74) is 1.33. The second-order valence-electron chi connectivity index (χ2n) is 5.42. The molecule has 2 rings (SSSR count). The van der Waals surface area contributed by atoms with Gasteiger partial charge in [0.1, 0.15) is 0 Å². The maximum absolute atomic E-state index is 6.01. The number of halogens is 1. The fourth-order valence-electron chi connectivity index (χ4n) is 2.66. The van der Waals surface area contributed by atoms with Gasteiger partial charge in [-0.3, -0.25) is 0 Å². The zero-order chi connectivity index (χ0) is 15.1. The Labute approximate surface area is 137 Å². The zero-order valence-electron chi connectivity index (χ0n) is 12.8. The van der Waals surface area contributed by atoms with Crippen molar-refractivity contribution in [2.45, 2.75) is 51.6 Å². The van der Waals surface area contributed by atoms with Crippen molar-refractivity contribution in [3.05, 3.63) is 57.2 Å². The smallest absolute Gasteiger partial charge is 0.0419 e. The van der Waals surface area contributed by atoms with Gasteiger partial charge in [0.25, 0.3) is 0 Å². The van der Waals surface area contributed by atoms with Crippen molar-refractivity contribution in [1.29, 1.82) is 0 Å². The van der Waals surface area contributed by atoms with Gasteiger partial charge in [0.2, 0.25) is 0 Å². The maximum atomic E-state index is 6.01. The molecule has 0 spiro atoms. The Hall–Kier alpha value is -0.830. The number of nitrogens with one attached hydrogen (secondary N) is 1. The van der Waals surface area contributed by atoms with E-state index in [9.17, 15) is 0 Å². The molecule has 0 fully saturated rings. The molecule has 1 aromatic carbocycles. The first-order chi connectivity index (χ1) is 10.2. The second kappa shape index (κ2) is 8.57. The van der Waals surface area contributed by atoms with Gasteiger partial charge in [0.15, 0.2) is 0 Å². The van der Waals surface area contributed by atoms with E-state index >= 15 is 0 Å². The third kappa shape index (κ3) is 4.84. The zero-order valence-corrected chi connectivity index (χ0v) is 14.4. The molecule has 0 radical (unpaired) electrons. The summed E-state index contributed by atoms with van der Waals surface area (Å²) in [6, 6.07) is 13.5. The Kier molecular flexibility index (Phi) is 6.75. The molecule has 0 aliphatic heterocycles. The summed E-state index contributed by atoms with van der Waals surface area (Å²) in [6.45, 7) is 4.49. The van der Waals surface area contributed by atoms with Gasteiger partial charge >= 0.3 is 0 Å². The van der Waals surface area contributed by atoms with E-state index in [1.54, 1.807) is 0 Å². The van der Waals surface area contributed by atoms with Gasteiger partial charge in [-0.05, 0) is 42.0 Å². The van der Waals surface area contributed by atoms with Crippen molar-refractivity contribution in [3.8, 4) is 0 Å². The average molecular weight is 322 g/mol. The van der Waals surface area contributed by atoms with Crippen molar-refractivity contribution in [2.24, 2.45) is 0 Å². The molecule has 1 nitrogen and oxygen atoms in total. The molecule has 1 aromatic heterocycles. The Bertz CT molecular complexity index is 507. The normalized spacial score (nSPS) is 14.0. The molecule has 0 bridgehead atoms. The quantitative estimate of drug-likeness (QED) is 0.595. The Morgan fingerprint density at radius 1 is 1.00 bits per heavy atom. The molecule has 1 N–H and O–H groups in total. The molecule has 2 unspecified atom stereocenters. The van der Waals surface area contributed by atoms with E-state index in [-0.39, 0.29) is 0 Å². The third-order valence-electron chi connectivity index (χ3n) is 3.72. The minimum Gasteiger partial charge on any atom is -0.302 e. The van der Waals surface area contributed by atoms with Crippen LogP contribution in [0.4, 0.5) is 0 Å². The van der Waals surface area contributed by atoms with Crippen LogP contribution in [0.5, 0.6) is 0 Å². The van der Waals surface area contributed by atoms with Crippen LogP contribution in [0, 0.1) is 0 Å². The fraction of sp³-hybridized carbons (Fsp3) is 0.444. The standard InChI is InChI=1S/C18H24ClNS/c1-3-6-16(14-9-11-15(19)12-10-14)20-17(7-4-2)18-8-5-13-21-18/h5,8-13,16-17,20H,3-4,6-7H2,1-2H3. The molecule has 21 heavy (non-hydrogen) atoms. The molecule has 2 atom stereocenters. The lowest BCUT2D eigenvalue weighted by Crippen LogP contribution is -2.26. The van der Waals surface area contributed by atoms with Crippen molar-refractivity contribution < 1.29 is 0 Å². The largest absolute Gasteiger partial charge is 0.302 e. The van der Waals surface area contributed by atoms with Gasteiger partial charge < -0.3 is 5.32 Å². The highest BCUT2D eigenvalue weighted by Crippen LogP contribution is 2.29. The van der Waals surface area contributed by atoms with Gasteiger partial charge in [0, 0.05) is 22.0 Å². The van der Waals surface area contributed by atoms with Crippen LogP contribution in [0.25, 0.3) is 0 Å². The van der Waals surface area contributed by atoms with Gasteiger partial charge in [-0.1, -0.05) is 56.5 Å². The summed E-state index contributed by atoms with van der Waals surface area (Å²) in [5.74, 6) is 0. The first kappa shape index (κ1) is 16.5. The van der Waals surface area contributed by atoms with E-state index in [0.29, 0.717) is 12.1 Å². The molecule has 3 heteroatoms. The first-order valence-corrected chi connectivity index (χ1v) is 9.05. The summed E-state index contributed by atoms with van der Waals surface area (Å²) in [6.07, 6.45) is 4.68. The molecule has 0 saturated heterocycles. The van der Waals surface area contributed by atoms with Crippen LogP contribution in [0.2, 0.25) is 5.02 Å². The Morgan fingerprint density at radius 2 is 1.67 bits per heavy atom. The molecule has 0 aliphatic carbocycles. The highest BCUT2D eigenvalue weighted by Gasteiger charge is 2.18. The summed E-state index contributed by atoms with van der Waals surface area (Å²) < 4.78 is 0. The monoisotopic (exact) mass is 321 g/mol. The van der Waals surface area contributed by atoms with Crippen LogP contribution in [0.1, 0.15) is 62.1 Å².